The number of hydrogen-bond acceptors (Lipinski definition) is 5. The average Bonchev–Trinajstić information content (AvgIpc) is 2.48. The van der Waals surface area contributed by atoms with Gasteiger partial charge in [0.15, 0.2) is 0 Å². The molecule has 3 rings (SSSR count). The lowest BCUT2D eigenvalue weighted by Crippen LogP contribution is -2.70. The Labute approximate surface area is 138 Å². The highest BCUT2D eigenvalue weighted by atomic mass is 16.5. The van der Waals surface area contributed by atoms with E-state index in [9.17, 15) is 14.4 Å². The Morgan fingerprint density at radius 3 is 1.58 bits per heavy atom. The number of ether oxygens (including phenoxy) is 2. The summed E-state index contributed by atoms with van der Waals surface area (Å²) in [5.41, 5.74) is -3.14. The average molecular weight is 337 g/mol. The highest BCUT2D eigenvalue weighted by Crippen LogP contribution is 2.29. The molecule has 2 aliphatic rings. The molecule has 0 aromatic carbocycles. The zero-order chi connectivity index (χ0) is 17.5. The van der Waals surface area contributed by atoms with E-state index in [1.165, 1.54) is 15.2 Å². The summed E-state index contributed by atoms with van der Waals surface area (Å²) in [5, 5.41) is 0. The second-order valence-corrected chi connectivity index (χ2v) is 6.56. The molecule has 0 spiro atoms. The fourth-order valence-corrected chi connectivity index (χ4v) is 3.34. The quantitative estimate of drug-likeness (QED) is 0.661. The van der Waals surface area contributed by atoms with Gasteiger partial charge in [-0.15, -0.1) is 6.58 Å². The lowest BCUT2D eigenvalue weighted by Gasteiger charge is -2.45. The molecule has 0 unspecified atom stereocenters. The minimum atomic E-state index is -0.688. The van der Waals surface area contributed by atoms with E-state index in [4.69, 9.17) is 9.47 Å². The number of nitrogens with zero attached hydrogens (tertiary/aromatic N) is 3. The minimum Gasteiger partial charge on any atom is -0.376 e. The topological polar surface area (TPSA) is 84.5 Å². The van der Waals surface area contributed by atoms with Crippen molar-refractivity contribution in [2.45, 2.75) is 44.3 Å². The summed E-state index contributed by atoms with van der Waals surface area (Å²) in [7, 11) is 0. The Balaban J connectivity index is 2.37. The Morgan fingerprint density at radius 1 is 0.917 bits per heavy atom. The van der Waals surface area contributed by atoms with Crippen LogP contribution in [-0.2, 0) is 27.1 Å². The van der Waals surface area contributed by atoms with Crippen LogP contribution in [-0.4, -0.2) is 40.1 Å². The molecule has 1 aromatic heterocycles. The molecule has 2 saturated heterocycles. The number of aromatic nitrogens is 3. The van der Waals surface area contributed by atoms with Crippen LogP contribution in [0, 0.1) is 0 Å². The van der Waals surface area contributed by atoms with Crippen molar-refractivity contribution < 1.29 is 9.47 Å². The molecule has 0 bridgehead atoms. The molecule has 2 fully saturated rings. The number of hydrogen-bond donors (Lipinski definition) is 0. The van der Waals surface area contributed by atoms with E-state index in [1.807, 2.05) is 13.8 Å². The van der Waals surface area contributed by atoms with Crippen LogP contribution in [0.1, 0.15) is 26.7 Å². The first-order valence-electron chi connectivity index (χ1n) is 8.22. The first-order valence-corrected chi connectivity index (χ1v) is 8.22. The van der Waals surface area contributed by atoms with Crippen molar-refractivity contribution in [3.05, 3.63) is 44.1 Å². The van der Waals surface area contributed by atoms with Gasteiger partial charge in [-0.05, 0) is 12.8 Å². The molecule has 132 valence electrons. The van der Waals surface area contributed by atoms with Gasteiger partial charge >= 0.3 is 17.1 Å². The van der Waals surface area contributed by atoms with Crippen molar-refractivity contribution in [2.75, 3.05) is 26.4 Å². The molecule has 0 aliphatic carbocycles. The summed E-state index contributed by atoms with van der Waals surface area (Å²) in [6, 6.07) is 0. The smallest absolute Gasteiger partial charge is 0.337 e. The predicted molar refractivity (Wildman–Crippen MR) is 87.6 cm³/mol. The highest BCUT2D eigenvalue weighted by Gasteiger charge is 2.46. The highest BCUT2D eigenvalue weighted by molar-refractivity contribution is 5.01. The van der Waals surface area contributed by atoms with Crippen LogP contribution in [0.4, 0.5) is 0 Å². The van der Waals surface area contributed by atoms with Crippen LogP contribution in [0.5, 0.6) is 0 Å². The van der Waals surface area contributed by atoms with Crippen LogP contribution in [0.3, 0.4) is 0 Å². The van der Waals surface area contributed by atoms with Crippen molar-refractivity contribution in [1.82, 2.24) is 13.7 Å². The first-order chi connectivity index (χ1) is 11.5. The standard InChI is InChI=1S/C16H23N3O5/c1-4-7-17-12(20)18(15(5-2)8-23-9-15)14(22)19(13(17)21)16(6-3)10-24-11-16/h4H,1,5-11H2,2-3H3. The zero-order valence-electron chi connectivity index (χ0n) is 14.1. The lowest BCUT2D eigenvalue weighted by molar-refractivity contribution is -0.122. The molecule has 3 heterocycles. The zero-order valence-corrected chi connectivity index (χ0v) is 14.1. The molecule has 0 saturated carbocycles. The van der Waals surface area contributed by atoms with Gasteiger partial charge in [-0.1, -0.05) is 19.9 Å². The first kappa shape index (κ1) is 16.9. The molecular formula is C16H23N3O5. The van der Waals surface area contributed by atoms with Gasteiger partial charge < -0.3 is 9.47 Å². The molecule has 8 nitrogen and oxygen atoms in total. The summed E-state index contributed by atoms with van der Waals surface area (Å²) in [6.45, 7) is 8.64. The van der Waals surface area contributed by atoms with Gasteiger partial charge in [0.2, 0.25) is 0 Å². The SMILES string of the molecule is C=CCn1c(=O)n(C2(CC)COC2)c(=O)n(C2(CC)COC2)c1=O. The maximum absolute atomic E-state index is 13.1. The van der Waals surface area contributed by atoms with E-state index in [-0.39, 0.29) is 6.54 Å². The second-order valence-electron chi connectivity index (χ2n) is 6.56. The molecular weight excluding hydrogens is 314 g/mol. The Morgan fingerprint density at radius 2 is 1.33 bits per heavy atom. The van der Waals surface area contributed by atoms with E-state index < -0.39 is 28.1 Å². The van der Waals surface area contributed by atoms with Crippen molar-refractivity contribution in [2.24, 2.45) is 0 Å². The minimum absolute atomic E-state index is 0.0548. The van der Waals surface area contributed by atoms with Gasteiger partial charge in [-0.25, -0.2) is 28.1 Å². The molecule has 0 N–H and O–H groups in total. The summed E-state index contributed by atoms with van der Waals surface area (Å²) in [4.78, 5) is 38.8. The van der Waals surface area contributed by atoms with Crippen LogP contribution in [0.15, 0.2) is 27.0 Å². The Hall–Kier alpha value is -1.93. The lowest BCUT2D eigenvalue weighted by atomic mass is 9.92. The monoisotopic (exact) mass is 337 g/mol. The third kappa shape index (κ3) is 2.09. The molecule has 0 amide bonds. The summed E-state index contributed by atoms with van der Waals surface area (Å²) in [6.07, 6.45) is 2.63. The fourth-order valence-electron chi connectivity index (χ4n) is 3.34. The normalized spacial score (nSPS) is 20.9. The van der Waals surface area contributed by atoms with E-state index >= 15 is 0 Å². The Kier molecular flexibility index (Phi) is 4.13. The van der Waals surface area contributed by atoms with Gasteiger partial charge in [0.1, 0.15) is 11.1 Å². The maximum atomic E-state index is 13.1. The summed E-state index contributed by atoms with van der Waals surface area (Å²) in [5.74, 6) is 0. The second kappa shape index (κ2) is 5.86. The van der Waals surface area contributed by atoms with Crippen molar-refractivity contribution >= 4 is 0 Å². The fraction of sp³-hybridized carbons (Fsp3) is 0.688. The van der Waals surface area contributed by atoms with Crippen molar-refractivity contribution in [1.29, 1.82) is 0 Å². The Bertz CT molecular complexity index is 752. The van der Waals surface area contributed by atoms with Crippen molar-refractivity contribution in [3.8, 4) is 0 Å². The third-order valence-electron chi connectivity index (χ3n) is 5.29. The van der Waals surface area contributed by atoms with E-state index in [1.54, 1.807) is 0 Å². The summed E-state index contributed by atoms with van der Waals surface area (Å²) < 4.78 is 14.0. The van der Waals surface area contributed by atoms with Gasteiger partial charge in [0.05, 0.1) is 33.0 Å². The number of rotatable bonds is 6. The molecule has 1 aromatic rings. The van der Waals surface area contributed by atoms with Crippen molar-refractivity contribution in [3.63, 3.8) is 0 Å². The predicted octanol–water partition coefficient (Wildman–Crippen LogP) is -0.371. The van der Waals surface area contributed by atoms with Gasteiger partial charge in [0.25, 0.3) is 0 Å². The van der Waals surface area contributed by atoms with Gasteiger partial charge in [-0.2, -0.15) is 0 Å². The van der Waals surface area contributed by atoms with Crippen LogP contribution in [0.2, 0.25) is 0 Å². The number of allylic oxidation sites excluding steroid dienone is 1. The maximum Gasteiger partial charge on any atom is 0.337 e. The largest absolute Gasteiger partial charge is 0.376 e. The van der Waals surface area contributed by atoms with Crippen LogP contribution >= 0.6 is 0 Å². The molecule has 0 radical (unpaired) electrons. The molecule has 2 aliphatic heterocycles. The van der Waals surface area contributed by atoms with Gasteiger partial charge in [0, 0.05) is 0 Å². The summed E-state index contributed by atoms with van der Waals surface area (Å²) >= 11 is 0. The molecule has 8 heteroatoms. The van der Waals surface area contributed by atoms with Crippen LogP contribution < -0.4 is 17.1 Å². The van der Waals surface area contributed by atoms with Gasteiger partial charge in [-0.3, -0.25) is 0 Å². The van der Waals surface area contributed by atoms with E-state index in [0.717, 1.165) is 4.57 Å². The van der Waals surface area contributed by atoms with E-state index in [2.05, 4.69) is 6.58 Å². The van der Waals surface area contributed by atoms with E-state index in [0.29, 0.717) is 39.3 Å². The molecule has 24 heavy (non-hydrogen) atoms. The van der Waals surface area contributed by atoms with Crippen LogP contribution in [0.25, 0.3) is 0 Å². The molecule has 0 atom stereocenters. The third-order valence-corrected chi connectivity index (χ3v) is 5.29.